The lowest BCUT2D eigenvalue weighted by molar-refractivity contribution is 0.415. The molecule has 0 fully saturated rings. The predicted molar refractivity (Wildman–Crippen MR) is 97.7 cm³/mol. The number of allylic oxidation sites excluding steroid dienone is 2. The molecule has 0 aliphatic heterocycles. The van der Waals surface area contributed by atoms with Crippen LogP contribution in [0, 0.1) is 0 Å². The van der Waals surface area contributed by atoms with E-state index in [1.807, 2.05) is 42.5 Å². The van der Waals surface area contributed by atoms with E-state index < -0.39 is 11.1 Å². The van der Waals surface area contributed by atoms with Gasteiger partial charge in [-0.25, -0.2) is 0 Å². The van der Waals surface area contributed by atoms with E-state index in [0.717, 1.165) is 36.0 Å². The third kappa shape index (κ3) is 3.72. The molecule has 1 aliphatic carbocycles. The summed E-state index contributed by atoms with van der Waals surface area (Å²) in [6, 6.07) is 13.7. The van der Waals surface area contributed by atoms with E-state index in [9.17, 15) is 8.76 Å². The van der Waals surface area contributed by atoms with E-state index in [1.165, 1.54) is 11.1 Å². The van der Waals surface area contributed by atoms with E-state index >= 15 is 0 Å². The summed E-state index contributed by atoms with van der Waals surface area (Å²) >= 11 is 4.21. The first-order valence-corrected chi connectivity index (χ1v) is 9.42. The number of rotatable bonds is 5. The van der Waals surface area contributed by atoms with Crippen LogP contribution in [0.25, 0.3) is 11.1 Å². The Kier molecular flexibility index (Phi) is 5.39. The summed E-state index contributed by atoms with van der Waals surface area (Å²) in [7, 11) is 1.61. The lowest BCUT2D eigenvalue weighted by Crippen LogP contribution is -1.94. The number of hydrogen-bond donors (Lipinski definition) is 0. The highest BCUT2D eigenvalue weighted by atomic mass is 35.5. The van der Waals surface area contributed by atoms with Crippen molar-refractivity contribution in [3.8, 4) is 5.75 Å². The van der Waals surface area contributed by atoms with E-state index in [1.54, 1.807) is 7.11 Å². The van der Waals surface area contributed by atoms with E-state index in [-0.39, 0.29) is 5.75 Å². The molecule has 0 heterocycles. The monoisotopic (exact) mass is 361 g/mol. The average molecular weight is 362 g/mol. The zero-order chi connectivity index (χ0) is 17.1. The highest BCUT2D eigenvalue weighted by Gasteiger charge is 2.18. The highest BCUT2D eigenvalue weighted by Crippen LogP contribution is 2.41. The number of hydrogen-bond acceptors (Lipinski definition) is 3. The van der Waals surface area contributed by atoms with Crippen LogP contribution in [-0.4, -0.2) is 15.9 Å². The molecule has 2 aromatic carbocycles. The van der Waals surface area contributed by atoms with Crippen molar-refractivity contribution in [1.82, 2.24) is 0 Å². The van der Waals surface area contributed by atoms with Crippen molar-refractivity contribution in [2.45, 2.75) is 25.0 Å². The second-order valence-electron chi connectivity index (χ2n) is 5.80. The Hall–Kier alpha value is -1.62. The number of methoxy groups -OCH3 is 1. The smallest absolute Gasteiger partial charge is 0.137 e. The lowest BCUT2D eigenvalue weighted by atomic mass is 9.96. The molecule has 0 N–H and O–H groups in total. The zero-order valence-corrected chi connectivity index (χ0v) is 15.0. The molecule has 3 nitrogen and oxygen atoms in total. The summed E-state index contributed by atoms with van der Waals surface area (Å²) in [5, 5.41) is 0.613. The topological polar surface area (TPSA) is 49.4 Å². The molecule has 0 bridgehead atoms. The Labute approximate surface area is 149 Å². The van der Waals surface area contributed by atoms with Gasteiger partial charge in [-0.3, -0.25) is 4.21 Å². The summed E-state index contributed by atoms with van der Waals surface area (Å²) in [5.74, 6) is 0.732. The van der Waals surface area contributed by atoms with Crippen LogP contribution in [0.15, 0.2) is 42.5 Å². The summed E-state index contributed by atoms with van der Waals surface area (Å²) < 4.78 is 26.8. The normalized spacial score (nSPS) is 15.6. The van der Waals surface area contributed by atoms with Gasteiger partial charge in [-0.15, -0.1) is 0 Å². The first-order chi connectivity index (χ1) is 11.6. The quantitative estimate of drug-likeness (QED) is 0.717. The SMILES string of the molecule is COc1ccc(C2=C(c3ccc(CS(=O)[O-])cc3)CCC2)cc1Cl. The number of ether oxygens (including phenoxy) is 1. The maximum Gasteiger partial charge on any atom is 0.137 e. The van der Waals surface area contributed by atoms with E-state index in [0.29, 0.717) is 10.8 Å². The van der Waals surface area contributed by atoms with Crippen molar-refractivity contribution in [1.29, 1.82) is 0 Å². The number of benzene rings is 2. The largest absolute Gasteiger partial charge is 0.772 e. The zero-order valence-electron chi connectivity index (χ0n) is 13.4. The summed E-state index contributed by atoms with van der Waals surface area (Å²) in [6.45, 7) is 0. The second kappa shape index (κ2) is 7.51. The molecule has 2 aromatic rings. The van der Waals surface area contributed by atoms with Crippen LogP contribution in [0.1, 0.15) is 36.0 Å². The van der Waals surface area contributed by atoms with Crippen LogP contribution in [0.3, 0.4) is 0 Å². The molecule has 0 radical (unpaired) electrons. The molecule has 1 atom stereocenters. The molecule has 0 spiro atoms. The minimum Gasteiger partial charge on any atom is -0.772 e. The van der Waals surface area contributed by atoms with Crippen LogP contribution >= 0.6 is 11.6 Å². The van der Waals surface area contributed by atoms with Crippen molar-refractivity contribution in [3.63, 3.8) is 0 Å². The van der Waals surface area contributed by atoms with Gasteiger partial charge < -0.3 is 9.29 Å². The third-order valence-corrected chi connectivity index (χ3v) is 5.17. The molecule has 1 unspecified atom stereocenters. The Morgan fingerprint density at radius 1 is 1.08 bits per heavy atom. The van der Waals surface area contributed by atoms with Crippen LogP contribution < -0.4 is 4.74 Å². The van der Waals surface area contributed by atoms with Gasteiger partial charge in [0.25, 0.3) is 0 Å². The number of halogens is 1. The highest BCUT2D eigenvalue weighted by molar-refractivity contribution is 7.78. The Bertz CT molecular complexity index is 797. The fourth-order valence-electron chi connectivity index (χ4n) is 3.17. The van der Waals surface area contributed by atoms with Crippen molar-refractivity contribution >= 4 is 33.8 Å². The molecule has 126 valence electrons. The minimum absolute atomic E-state index is 0.0558. The first kappa shape index (κ1) is 17.2. The van der Waals surface area contributed by atoms with Gasteiger partial charge in [-0.1, -0.05) is 53.0 Å². The summed E-state index contributed by atoms with van der Waals surface area (Å²) in [4.78, 5) is 0. The maximum atomic E-state index is 10.8. The first-order valence-electron chi connectivity index (χ1n) is 7.79. The van der Waals surface area contributed by atoms with E-state index in [2.05, 4.69) is 0 Å². The van der Waals surface area contributed by atoms with Crippen LogP contribution in [0.4, 0.5) is 0 Å². The molecule has 1 aliphatic rings. The molecule has 0 saturated carbocycles. The Balaban J connectivity index is 1.94. The second-order valence-corrected chi connectivity index (χ2v) is 7.11. The van der Waals surface area contributed by atoms with E-state index in [4.69, 9.17) is 16.3 Å². The summed E-state index contributed by atoms with van der Waals surface area (Å²) in [5.41, 5.74) is 5.69. The Morgan fingerprint density at radius 2 is 1.71 bits per heavy atom. The Morgan fingerprint density at radius 3 is 2.29 bits per heavy atom. The maximum absolute atomic E-state index is 10.8. The van der Waals surface area contributed by atoms with Gasteiger partial charge in [0.05, 0.1) is 12.1 Å². The molecular weight excluding hydrogens is 344 g/mol. The van der Waals surface area contributed by atoms with Gasteiger partial charge >= 0.3 is 0 Å². The fourth-order valence-corrected chi connectivity index (χ4v) is 3.90. The molecule has 5 heteroatoms. The average Bonchev–Trinajstić information content (AvgIpc) is 3.04. The van der Waals surface area contributed by atoms with Gasteiger partial charge in [-0.2, -0.15) is 0 Å². The minimum atomic E-state index is -2.06. The van der Waals surface area contributed by atoms with Gasteiger partial charge in [0.2, 0.25) is 0 Å². The van der Waals surface area contributed by atoms with Crippen LogP contribution in [0.2, 0.25) is 5.02 Å². The molecule has 3 rings (SSSR count). The van der Waals surface area contributed by atoms with Crippen molar-refractivity contribution in [3.05, 3.63) is 64.2 Å². The molecular formula is C19H18ClO3S-. The van der Waals surface area contributed by atoms with Gasteiger partial charge in [0.15, 0.2) is 0 Å². The van der Waals surface area contributed by atoms with Gasteiger partial charge in [-0.05, 0) is 59.2 Å². The van der Waals surface area contributed by atoms with Crippen LogP contribution in [-0.2, 0) is 16.8 Å². The third-order valence-electron chi connectivity index (χ3n) is 4.31. The summed E-state index contributed by atoms with van der Waals surface area (Å²) in [6.07, 6.45) is 3.15. The van der Waals surface area contributed by atoms with Crippen molar-refractivity contribution in [2.24, 2.45) is 0 Å². The molecule has 0 amide bonds. The van der Waals surface area contributed by atoms with Crippen molar-refractivity contribution in [2.75, 3.05) is 7.11 Å². The standard InChI is InChI=1S/C19H19ClO3S/c1-23-19-10-9-15(11-18(19)20)17-4-2-3-16(17)14-7-5-13(6-8-14)12-24(21)22/h5-11H,2-4,12H2,1H3,(H,21,22)/p-1. The van der Waals surface area contributed by atoms with Crippen molar-refractivity contribution < 1.29 is 13.5 Å². The molecule has 0 aromatic heterocycles. The van der Waals surface area contributed by atoms with Gasteiger partial charge in [0, 0.05) is 5.75 Å². The lowest BCUT2D eigenvalue weighted by Gasteiger charge is -2.11. The van der Waals surface area contributed by atoms with Gasteiger partial charge in [0.1, 0.15) is 5.75 Å². The fraction of sp³-hybridized carbons (Fsp3) is 0.263. The molecule has 24 heavy (non-hydrogen) atoms. The predicted octanol–water partition coefficient (Wildman–Crippen LogP) is 4.82. The molecule has 0 saturated heterocycles. The van der Waals surface area contributed by atoms with Crippen LogP contribution in [0.5, 0.6) is 5.75 Å².